The monoisotopic (exact) mass is 228 g/mol. The molecule has 0 heterocycles. The molecule has 0 radical (unpaired) electrons. The van der Waals surface area contributed by atoms with Gasteiger partial charge in [-0.3, -0.25) is 4.79 Å². The molecule has 1 rings (SSSR count). The largest absolute Gasteiger partial charge is 0.294 e. The van der Waals surface area contributed by atoms with Crippen LogP contribution < -0.4 is 0 Å². The summed E-state index contributed by atoms with van der Waals surface area (Å²) < 4.78 is 23.3. The first-order chi connectivity index (χ1) is 6.66. The van der Waals surface area contributed by atoms with Gasteiger partial charge < -0.3 is 0 Å². The lowest BCUT2D eigenvalue weighted by Gasteiger charge is -2.23. The molecule has 84 valence electrons. The van der Waals surface area contributed by atoms with E-state index >= 15 is 0 Å². The van der Waals surface area contributed by atoms with Crippen molar-refractivity contribution in [2.75, 3.05) is 0 Å². The Morgan fingerprint density at radius 3 is 2.20 bits per heavy atom. The Kier molecular flexibility index (Phi) is 2.92. The molecule has 0 aromatic carbocycles. The molecule has 4 heteroatoms. The molecule has 0 spiro atoms. The Balaban J connectivity index is 3.17. The highest BCUT2D eigenvalue weighted by Crippen LogP contribution is 2.30. The molecular formula is C11H16O3S. The fourth-order valence-corrected chi connectivity index (χ4v) is 2.80. The number of carbonyl (C=O) groups excluding carboxylic acids is 1. The Morgan fingerprint density at radius 2 is 1.80 bits per heavy atom. The fourth-order valence-electron chi connectivity index (χ4n) is 1.35. The molecule has 0 aliphatic heterocycles. The average molecular weight is 228 g/mol. The summed E-state index contributed by atoms with van der Waals surface area (Å²) in [4.78, 5) is 11.5. The molecule has 3 nitrogen and oxygen atoms in total. The van der Waals surface area contributed by atoms with Crippen molar-refractivity contribution in [3.8, 4) is 0 Å². The zero-order valence-electron chi connectivity index (χ0n) is 9.33. The molecule has 0 N–H and O–H groups in total. The van der Waals surface area contributed by atoms with E-state index in [1.165, 1.54) is 6.08 Å². The summed E-state index contributed by atoms with van der Waals surface area (Å²) in [7, 11) is -3.31. The lowest BCUT2D eigenvalue weighted by Crippen LogP contribution is -2.30. The molecule has 0 atom stereocenters. The maximum Gasteiger partial charge on any atom is 0.179 e. The number of allylic oxidation sites excluding steroid dienone is 3. The average Bonchev–Trinajstić information content (AvgIpc) is 2.07. The molecule has 0 amide bonds. The third-order valence-electron chi connectivity index (χ3n) is 2.44. The molecule has 0 aromatic rings. The van der Waals surface area contributed by atoms with Crippen molar-refractivity contribution in [2.24, 2.45) is 0 Å². The molecule has 0 saturated carbocycles. The second kappa shape index (κ2) is 3.59. The van der Waals surface area contributed by atoms with Gasteiger partial charge in [-0.2, -0.15) is 0 Å². The van der Waals surface area contributed by atoms with E-state index in [2.05, 4.69) is 6.58 Å². The number of rotatable bonds is 1. The van der Waals surface area contributed by atoms with Crippen LogP contribution in [0.15, 0.2) is 23.1 Å². The van der Waals surface area contributed by atoms with Crippen LogP contribution in [0.1, 0.15) is 33.6 Å². The molecule has 0 saturated heterocycles. The highest BCUT2D eigenvalue weighted by Gasteiger charge is 2.34. The first-order valence-electron chi connectivity index (χ1n) is 4.83. The maximum atomic E-state index is 12.0. The van der Waals surface area contributed by atoms with Gasteiger partial charge in [-0.15, -0.1) is 0 Å². The summed E-state index contributed by atoms with van der Waals surface area (Å²) in [6, 6.07) is 0. The summed E-state index contributed by atoms with van der Waals surface area (Å²) in [5.74, 6) is -0.0668. The number of Topliss-reactive ketones (excluding diaryl/α,β-unsaturated/α-hetero) is 1. The van der Waals surface area contributed by atoms with Crippen LogP contribution in [-0.2, 0) is 14.6 Å². The smallest absolute Gasteiger partial charge is 0.179 e. The number of carbonyl (C=O) groups is 1. The minimum absolute atomic E-state index is 0.0668. The van der Waals surface area contributed by atoms with Crippen molar-refractivity contribution in [3.63, 3.8) is 0 Å². The molecule has 0 unspecified atom stereocenters. The number of hydrogen-bond acceptors (Lipinski definition) is 3. The Morgan fingerprint density at radius 1 is 1.27 bits per heavy atom. The van der Waals surface area contributed by atoms with E-state index in [0.29, 0.717) is 16.9 Å². The normalized spacial score (nSPS) is 19.0. The highest BCUT2D eigenvalue weighted by molar-refractivity contribution is 7.96. The van der Waals surface area contributed by atoms with Crippen LogP contribution in [0.2, 0.25) is 0 Å². The number of ketones is 1. The summed E-state index contributed by atoms with van der Waals surface area (Å²) >= 11 is 0. The van der Waals surface area contributed by atoms with E-state index in [1.807, 2.05) is 0 Å². The minimum Gasteiger partial charge on any atom is -0.294 e. The van der Waals surface area contributed by atoms with E-state index < -0.39 is 14.6 Å². The molecular weight excluding hydrogens is 212 g/mol. The lowest BCUT2D eigenvalue weighted by atomic mass is 10.0. The van der Waals surface area contributed by atoms with Gasteiger partial charge in [-0.1, -0.05) is 6.58 Å². The summed E-state index contributed by atoms with van der Waals surface area (Å²) in [6.45, 7) is 8.52. The quantitative estimate of drug-likeness (QED) is 0.645. The van der Waals surface area contributed by atoms with E-state index in [4.69, 9.17) is 0 Å². The van der Waals surface area contributed by atoms with Crippen molar-refractivity contribution in [1.82, 2.24) is 0 Å². The van der Waals surface area contributed by atoms with E-state index in [9.17, 15) is 13.2 Å². The van der Waals surface area contributed by atoms with Crippen molar-refractivity contribution in [1.29, 1.82) is 0 Å². The molecule has 15 heavy (non-hydrogen) atoms. The zero-order valence-corrected chi connectivity index (χ0v) is 10.1. The van der Waals surface area contributed by atoms with Gasteiger partial charge in [0.2, 0.25) is 0 Å². The Hall–Kier alpha value is -0.900. The van der Waals surface area contributed by atoms with Gasteiger partial charge in [-0.05, 0) is 33.3 Å². The minimum atomic E-state index is -3.31. The second-order valence-corrected chi connectivity index (χ2v) is 7.43. The van der Waals surface area contributed by atoms with Gasteiger partial charge in [0, 0.05) is 16.9 Å². The van der Waals surface area contributed by atoms with E-state index in [0.717, 1.165) is 0 Å². The van der Waals surface area contributed by atoms with Gasteiger partial charge in [0.15, 0.2) is 15.6 Å². The first kappa shape index (κ1) is 12.2. The van der Waals surface area contributed by atoms with Crippen molar-refractivity contribution in [3.05, 3.63) is 23.1 Å². The number of hydrogen-bond donors (Lipinski definition) is 0. The zero-order chi connectivity index (χ0) is 11.9. The Labute approximate surface area is 90.8 Å². The topological polar surface area (TPSA) is 51.2 Å². The standard InChI is InChI=1S/C11H16O3S/c1-8-7-9(5-6-10(8)12)15(13,14)11(2,3)4/h7H,1,5-6H2,2-4H3. The van der Waals surface area contributed by atoms with Gasteiger partial charge in [0.1, 0.15) is 0 Å². The molecule has 1 aliphatic rings. The lowest BCUT2D eigenvalue weighted by molar-refractivity contribution is -0.115. The molecule has 0 bridgehead atoms. The Bertz CT molecular complexity index is 433. The van der Waals surface area contributed by atoms with Crippen LogP contribution in [0.5, 0.6) is 0 Å². The van der Waals surface area contributed by atoms with Crippen LogP contribution in [0, 0.1) is 0 Å². The third-order valence-corrected chi connectivity index (χ3v) is 5.07. The SMILES string of the molecule is C=C1C=C(S(=O)(=O)C(C)(C)C)CCC1=O. The van der Waals surface area contributed by atoms with Crippen LogP contribution >= 0.6 is 0 Å². The summed E-state index contributed by atoms with van der Waals surface area (Å²) in [6.07, 6.45) is 1.96. The fraction of sp³-hybridized carbons (Fsp3) is 0.545. The van der Waals surface area contributed by atoms with Gasteiger partial charge >= 0.3 is 0 Å². The van der Waals surface area contributed by atoms with Crippen LogP contribution in [-0.4, -0.2) is 18.9 Å². The van der Waals surface area contributed by atoms with Crippen molar-refractivity contribution in [2.45, 2.75) is 38.4 Å². The van der Waals surface area contributed by atoms with Crippen LogP contribution in [0.25, 0.3) is 0 Å². The van der Waals surface area contributed by atoms with Crippen LogP contribution in [0.3, 0.4) is 0 Å². The molecule has 1 aliphatic carbocycles. The number of sulfone groups is 1. The van der Waals surface area contributed by atoms with E-state index in [1.54, 1.807) is 20.8 Å². The first-order valence-corrected chi connectivity index (χ1v) is 6.32. The summed E-state index contributed by atoms with van der Waals surface area (Å²) in [5, 5.41) is 0. The molecule has 0 aromatic heterocycles. The highest BCUT2D eigenvalue weighted by atomic mass is 32.2. The predicted molar refractivity (Wildman–Crippen MR) is 60.1 cm³/mol. The van der Waals surface area contributed by atoms with Gasteiger partial charge in [0.25, 0.3) is 0 Å². The maximum absolute atomic E-state index is 12.0. The van der Waals surface area contributed by atoms with E-state index in [-0.39, 0.29) is 12.2 Å². The second-order valence-electron chi connectivity index (χ2n) is 4.67. The predicted octanol–water partition coefficient (Wildman–Crippen LogP) is 2.00. The van der Waals surface area contributed by atoms with Gasteiger partial charge in [-0.25, -0.2) is 8.42 Å². The van der Waals surface area contributed by atoms with Gasteiger partial charge in [0.05, 0.1) is 4.75 Å². The summed E-state index contributed by atoms with van der Waals surface area (Å²) in [5.41, 5.74) is 0.295. The van der Waals surface area contributed by atoms with Crippen LogP contribution in [0.4, 0.5) is 0 Å². The van der Waals surface area contributed by atoms with Crippen molar-refractivity contribution < 1.29 is 13.2 Å². The van der Waals surface area contributed by atoms with Crippen molar-refractivity contribution >= 4 is 15.6 Å². The molecule has 0 fully saturated rings. The third kappa shape index (κ3) is 2.20.